The number of esters is 1. The number of ether oxygens (including phenoxy) is 1. The lowest BCUT2D eigenvalue weighted by atomic mass is 10.0. The maximum Gasteiger partial charge on any atom is 0.326 e. The van der Waals surface area contributed by atoms with Crippen LogP contribution in [0.4, 0.5) is 5.69 Å². The van der Waals surface area contributed by atoms with Gasteiger partial charge in [-0.15, -0.1) is 0 Å². The van der Waals surface area contributed by atoms with Gasteiger partial charge in [-0.1, -0.05) is 43.7 Å². The van der Waals surface area contributed by atoms with E-state index in [2.05, 4.69) is 0 Å². The Morgan fingerprint density at radius 2 is 2.08 bits per heavy atom. The summed E-state index contributed by atoms with van der Waals surface area (Å²) in [5.41, 5.74) is 1.08. The van der Waals surface area contributed by atoms with E-state index >= 15 is 0 Å². The Hall–Kier alpha value is -1.79. The van der Waals surface area contributed by atoms with Crippen molar-refractivity contribution >= 4 is 33.3 Å². The molecule has 0 heterocycles. The number of allylic oxidation sites excluding steroid dienone is 3. The van der Waals surface area contributed by atoms with Gasteiger partial charge in [0, 0.05) is 5.02 Å². The quantitative estimate of drug-likeness (QED) is 0.650. The summed E-state index contributed by atoms with van der Waals surface area (Å²) in [6.45, 7) is 5.37. The molecule has 0 aromatic heterocycles. The highest BCUT2D eigenvalue weighted by Gasteiger charge is 2.31. The molecule has 1 unspecified atom stereocenters. The second-order valence-electron chi connectivity index (χ2n) is 6.09. The van der Waals surface area contributed by atoms with Crippen LogP contribution in [-0.2, 0) is 26.0 Å². The number of sulfonamides is 1. The standard InChI is InChI=1S/C19H24ClNO4S/c1-4-16-17(20)7-6-8-18(16)21(13-19(22)25-5-2)26(23,24)15-11-9-14(3)10-12-15/h6-9,11-12,14H,4-5,10,13H2,1-3H3. The molecular weight excluding hydrogens is 374 g/mol. The Morgan fingerprint density at radius 3 is 2.65 bits per heavy atom. The fraction of sp³-hybridized carbons (Fsp3) is 0.421. The first kappa shape index (κ1) is 20.5. The summed E-state index contributed by atoms with van der Waals surface area (Å²) in [5, 5.41) is 0.468. The molecule has 0 saturated carbocycles. The third kappa shape index (κ3) is 4.48. The lowest BCUT2D eigenvalue weighted by molar-refractivity contribution is -0.141. The summed E-state index contributed by atoms with van der Waals surface area (Å²) in [5.74, 6) is -0.323. The van der Waals surface area contributed by atoms with Crippen LogP contribution in [-0.4, -0.2) is 27.5 Å². The van der Waals surface area contributed by atoms with E-state index in [-0.39, 0.29) is 17.4 Å². The van der Waals surface area contributed by atoms with Gasteiger partial charge in [-0.05, 0) is 49.5 Å². The summed E-state index contributed by atoms with van der Waals surface area (Å²) >= 11 is 6.26. The zero-order valence-corrected chi connectivity index (χ0v) is 16.8. The summed E-state index contributed by atoms with van der Waals surface area (Å²) in [6, 6.07) is 5.05. The minimum atomic E-state index is -3.92. The SMILES string of the molecule is CCOC(=O)CN(c1cccc(Cl)c1CC)S(=O)(=O)C1=CCC(C)C=C1. The van der Waals surface area contributed by atoms with Gasteiger partial charge in [0.1, 0.15) is 6.54 Å². The van der Waals surface area contributed by atoms with E-state index in [1.165, 1.54) is 0 Å². The van der Waals surface area contributed by atoms with E-state index in [4.69, 9.17) is 16.3 Å². The zero-order chi connectivity index (χ0) is 19.3. The van der Waals surface area contributed by atoms with Crippen LogP contribution in [0.15, 0.2) is 41.3 Å². The van der Waals surface area contributed by atoms with Crippen LogP contribution >= 0.6 is 11.6 Å². The third-order valence-electron chi connectivity index (χ3n) is 4.16. The number of nitrogens with zero attached hydrogens (tertiary/aromatic N) is 1. The van der Waals surface area contributed by atoms with E-state index in [1.807, 2.05) is 19.9 Å². The normalized spacial score (nSPS) is 16.9. The first-order chi connectivity index (χ1) is 12.3. The van der Waals surface area contributed by atoms with Gasteiger partial charge < -0.3 is 4.74 Å². The number of halogens is 1. The smallest absolute Gasteiger partial charge is 0.326 e. The highest BCUT2D eigenvalue weighted by atomic mass is 35.5. The van der Waals surface area contributed by atoms with Gasteiger partial charge in [0.25, 0.3) is 10.0 Å². The van der Waals surface area contributed by atoms with E-state index in [0.717, 1.165) is 4.31 Å². The van der Waals surface area contributed by atoms with Crippen LogP contribution in [0.1, 0.15) is 32.8 Å². The largest absolute Gasteiger partial charge is 0.465 e. The molecule has 1 aromatic rings. The number of benzene rings is 1. The molecule has 1 aliphatic carbocycles. The van der Waals surface area contributed by atoms with Gasteiger partial charge in [-0.25, -0.2) is 8.42 Å². The first-order valence-corrected chi connectivity index (χ1v) is 10.5. The zero-order valence-electron chi connectivity index (χ0n) is 15.2. The molecule has 1 aromatic carbocycles. The number of hydrogen-bond acceptors (Lipinski definition) is 4. The molecule has 0 amide bonds. The average molecular weight is 398 g/mol. The molecule has 1 atom stereocenters. The number of carbonyl (C=O) groups excluding carboxylic acids is 1. The number of anilines is 1. The fourth-order valence-electron chi connectivity index (χ4n) is 2.78. The molecule has 1 aliphatic rings. The molecule has 142 valence electrons. The van der Waals surface area contributed by atoms with E-state index in [1.54, 1.807) is 37.3 Å². The molecule has 26 heavy (non-hydrogen) atoms. The molecule has 0 radical (unpaired) electrons. The summed E-state index contributed by atoms with van der Waals surface area (Å²) < 4.78 is 32.6. The van der Waals surface area contributed by atoms with Gasteiger partial charge in [0.15, 0.2) is 0 Å². The van der Waals surface area contributed by atoms with E-state index in [9.17, 15) is 13.2 Å². The molecule has 0 bridgehead atoms. The molecule has 7 heteroatoms. The minimum absolute atomic E-state index is 0.182. The maximum atomic E-state index is 13.3. The molecule has 5 nitrogen and oxygen atoms in total. The van der Waals surface area contributed by atoms with Crippen LogP contribution in [0.2, 0.25) is 5.02 Å². The first-order valence-electron chi connectivity index (χ1n) is 8.65. The van der Waals surface area contributed by atoms with Gasteiger partial charge in [-0.2, -0.15) is 0 Å². The molecule has 0 spiro atoms. The molecule has 0 aliphatic heterocycles. The van der Waals surface area contributed by atoms with Crippen molar-refractivity contribution in [2.24, 2.45) is 5.92 Å². The van der Waals surface area contributed by atoms with Crippen molar-refractivity contribution in [3.63, 3.8) is 0 Å². The van der Waals surface area contributed by atoms with Crippen LogP contribution in [0, 0.1) is 5.92 Å². The van der Waals surface area contributed by atoms with Crippen LogP contribution in [0.3, 0.4) is 0 Å². The van der Waals surface area contributed by atoms with Crippen molar-refractivity contribution in [3.05, 3.63) is 51.9 Å². The minimum Gasteiger partial charge on any atom is -0.465 e. The summed E-state index contributed by atoms with van der Waals surface area (Å²) in [7, 11) is -3.92. The molecule has 0 saturated heterocycles. The van der Waals surface area contributed by atoms with Crippen molar-refractivity contribution in [2.75, 3.05) is 17.5 Å². The summed E-state index contributed by atoms with van der Waals surface area (Å²) in [6.07, 6.45) is 6.31. The Bertz CT molecular complexity index is 830. The average Bonchev–Trinajstić information content (AvgIpc) is 2.60. The van der Waals surface area contributed by atoms with E-state index < -0.39 is 22.5 Å². The second-order valence-corrected chi connectivity index (χ2v) is 8.36. The Balaban J connectivity index is 2.53. The molecule has 2 rings (SSSR count). The number of hydrogen-bond donors (Lipinski definition) is 0. The lowest BCUT2D eigenvalue weighted by Gasteiger charge is -2.27. The predicted octanol–water partition coefficient (Wildman–Crippen LogP) is 4.08. The predicted molar refractivity (Wildman–Crippen MR) is 105 cm³/mol. The van der Waals surface area contributed by atoms with Crippen LogP contribution < -0.4 is 4.31 Å². The van der Waals surface area contributed by atoms with Crippen LogP contribution in [0.25, 0.3) is 0 Å². The number of rotatable bonds is 7. The van der Waals surface area contributed by atoms with Gasteiger partial charge >= 0.3 is 5.97 Å². The Morgan fingerprint density at radius 1 is 1.35 bits per heavy atom. The van der Waals surface area contributed by atoms with Crippen molar-refractivity contribution in [1.82, 2.24) is 0 Å². The Kier molecular flexibility index (Phi) is 6.89. The topological polar surface area (TPSA) is 63.7 Å². The molecule has 0 fully saturated rings. The fourth-order valence-corrected chi connectivity index (χ4v) is 4.60. The van der Waals surface area contributed by atoms with Crippen molar-refractivity contribution < 1.29 is 17.9 Å². The van der Waals surface area contributed by atoms with Crippen molar-refractivity contribution in [1.29, 1.82) is 0 Å². The highest BCUT2D eigenvalue weighted by molar-refractivity contribution is 7.96. The maximum absolute atomic E-state index is 13.3. The number of carbonyl (C=O) groups is 1. The Labute approximate surface area is 160 Å². The summed E-state index contributed by atoms with van der Waals surface area (Å²) in [4.78, 5) is 12.3. The van der Waals surface area contributed by atoms with Gasteiger partial charge in [-0.3, -0.25) is 9.10 Å². The lowest BCUT2D eigenvalue weighted by Crippen LogP contribution is -2.38. The van der Waals surface area contributed by atoms with Crippen LogP contribution in [0.5, 0.6) is 0 Å². The highest BCUT2D eigenvalue weighted by Crippen LogP contribution is 2.33. The van der Waals surface area contributed by atoms with Gasteiger partial charge in [0.05, 0.1) is 17.2 Å². The van der Waals surface area contributed by atoms with Crippen molar-refractivity contribution in [2.45, 2.75) is 33.6 Å². The van der Waals surface area contributed by atoms with Gasteiger partial charge in [0.2, 0.25) is 0 Å². The second kappa shape index (κ2) is 8.73. The third-order valence-corrected chi connectivity index (χ3v) is 6.32. The molecular formula is C19H24ClNO4S. The van der Waals surface area contributed by atoms with E-state index in [0.29, 0.717) is 29.1 Å². The monoisotopic (exact) mass is 397 g/mol. The van der Waals surface area contributed by atoms with Crippen molar-refractivity contribution in [3.8, 4) is 0 Å². The molecule has 0 N–H and O–H groups in total.